The van der Waals surface area contributed by atoms with Crippen LogP contribution in [-0.4, -0.2) is 19.2 Å². The standard InChI is InChI=1S/C16H16FNO2S/c1-19-13-7-8-15(20-2)14(9-13)16(21)18-10-11-3-5-12(17)6-4-11/h3-9H,10H2,1-2H3,(H,18,21). The van der Waals surface area contributed by atoms with Gasteiger partial charge in [-0.25, -0.2) is 4.39 Å². The molecule has 0 bridgehead atoms. The molecule has 0 atom stereocenters. The molecule has 0 aliphatic heterocycles. The van der Waals surface area contributed by atoms with Gasteiger partial charge in [0.1, 0.15) is 22.3 Å². The summed E-state index contributed by atoms with van der Waals surface area (Å²) in [6.45, 7) is 0.513. The number of benzene rings is 2. The van der Waals surface area contributed by atoms with Crippen LogP contribution in [0.5, 0.6) is 11.5 Å². The summed E-state index contributed by atoms with van der Waals surface area (Å²) in [7, 11) is 3.19. The van der Waals surface area contributed by atoms with Gasteiger partial charge in [-0.2, -0.15) is 0 Å². The van der Waals surface area contributed by atoms with E-state index in [4.69, 9.17) is 21.7 Å². The maximum atomic E-state index is 12.9. The van der Waals surface area contributed by atoms with Gasteiger partial charge in [-0.1, -0.05) is 24.4 Å². The molecule has 0 aromatic heterocycles. The van der Waals surface area contributed by atoms with Crippen molar-refractivity contribution in [2.24, 2.45) is 0 Å². The zero-order chi connectivity index (χ0) is 15.2. The lowest BCUT2D eigenvalue weighted by Crippen LogP contribution is -2.22. The Bertz CT molecular complexity index is 629. The summed E-state index contributed by atoms with van der Waals surface area (Å²) in [6.07, 6.45) is 0. The fourth-order valence-corrected chi connectivity index (χ4v) is 2.10. The molecule has 1 N–H and O–H groups in total. The van der Waals surface area contributed by atoms with E-state index in [0.717, 1.165) is 11.1 Å². The Kier molecular flexibility index (Phi) is 5.11. The Morgan fingerprint density at radius 3 is 2.43 bits per heavy atom. The summed E-state index contributed by atoms with van der Waals surface area (Å²) in [5, 5.41) is 3.13. The second-order valence-corrected chi connectivity index (χ2v) is 4.78. The number of hydrogen-bond acceptors (Lipinski definition) is 3. The molecule has 5 heteroatoms. The van der Waals surface area contributed by atoms with E-state index in [-0.39, 0.29) is 5.82 Å². The van der Waals surface area contributed by atoms with Gasteiger partial charge < -0.3 is 14.8 Å². The van der Waals surface area contributed by atoms with Gasteiger partial charge in [0.05, 0.1) is 19.8 Å². The van der Waals surface area contributed by atoms with E-state index in [1.807, 2.05) is 12.1 Å². The number of methoxy groups -OCH3 is 2. The molecule has 2 aromatic rings. The number of rotatable bonds is 5. The monoisotopic (exact) mass is 305 g/mol. The Morgan fingerprint density at radius 2 is 1.81 bits per heavy atom. The van der Waals surface area contributed by atoms with Crippen LogP contribution in [0.15, 0.2) is 42.5 Å². The minimum absolute atomic E-state index is 0.254. The van der Waals surface area contributed by atoms with E-state index in [9.17, 15) is 4.39 Å². The first-order valence-corrected chi connectivity index (χ1v) is 6.79. The van der Waals surface area contributed by atoms with Gasteiger partial charge in [-0.15, -0.1) is 0 Å². The summed E-state index contributed by atoms with van der Waals surface area (Å²) in [6, 6.07) is 11.7. The minimum Gasteiger partial charge on any atom is -0.497 e. The molecule has 110 valence electrons. The second-order valence-electron chi connectivity index (χ2n) is 4.38. The molecule has 0 saturated heterocycles. The third kappa shape index (κ3) is 3.92. The van der Waals surface area contributed by atoms with Crippen LogP contribution in [-0.2, 0) is 6.54 Å². The Labute approximate surface area is 128 Å². The van der Waals surface area contributed by atoms with E-state index >= 15 is 0 Å². The number of nitrogens with one attached hydrogen (secondary N) is 1. The fourth-order valence-electron chi connectivity index (χ4n) is 1.87. The van der Waals surface area contributed by atoms with E-state index in [1.165, 1.54) is 12.1 Å². The Hall–Kier alpha value is -2.14. The van der Waals surface area contributed by atoms with Crippen LogP contribution >= 0.6 is 12.2 Å². The third-order valence-corrected chi connectivity index (χ3v) is 3.38. The van der Waals surface area contributed by atoms with Crippen molar-refractivity contribution in [3.8, 4) is 11.5 Å². The number of ether oxygens (including phenoxy) is 2. The number of hydrogen-bond donors (Lipinski definition) is 1. The van der Waals surface area contributed by atoms with Gasteiger partial charge in [0, 0.05) is 6.54 Å². The molecular weight excluding hydrogens is 289 g/mol. The first-order valence-electron chi connectivity index (χ1n) is 6.38. The highest BCUT2D eigenvalue weighted by Crippen LogP contribution is 2.24. The normalized spacial score (nSPS) is 10.0. The van der Waals surface area contributed by atoms with E-state index in [1.54, 1.807) is 32.4 Å². The molecule has 0 heterocycles. The molecule has 0 aliphatic carbocycles. The molecule has 0 amide bonds. The van der Waals surface area contributed by atoms with Crippen molar-refractivity contribution < 1.29 is 13.9 Å². The van der Waals surface area contributed by atoms with Crippen molar-refractivity contribution in [3.05, 3.63) is 59.4 Å². The van der Waals surface area contributed by atoms with E-state index < -0.39 is 0 Å². The van der Waals surface area contributed by atoms with Gasteiger partial charge in [-0.3, -0.25) is 0 Å². The van der Waals surface area contributed by atoms with Crippen molar-refractivity contribution in [1.29, 1.82) is 0 Å². The van der Waals surface area contributed by atoms with Gasteiger partial charge >= 0.3 is 0 Å². The lowest BCUT2D eigenvalue weighted by molar-refractivity contribution is 0.402. The highest BCUT2D eigenvalue weighted by atomic mass is 32.1. The van der Waals surface area contributed by atoms with Crippen molar-refractivity contribution >= 4 is 17.2 Å². The summed E-state index contributed by atoms with van der Waals surface area (Å²) in [5.41, 5.74) is 1.70. The largest absolute Gasteiger partial charge is 0.497 e. The summed E-state index contributed by atoms with van der Waals surface area (Å²) in [4.78, 5) is 0.551. The van der Waals surface area contributed by atoms with Crippen LogP contribution < -0.4 is 14.8 Å². The molecule has 3 nitrogen and oxygen atoms in total. The maximum absolute atomic E-state index is 12.9. The van der Waals surface area contributed by atoms with Crippen LogP contribution in [0.25, 0.3) is 0 Å². The van der Waals surface area contributed by atoms with Gasteiger partial charge in [0.2, 0.25) is 0 Å². The van der Waals surface area contributed by atoms with Gasteiger partial charge in [0.25, 0.3) is 0 Å². The topological polar surface area (TPSA) is 30.5 Å². The molecule has 0 saturated carbocycles. The molecule has 21 heavy (non-hydrogen) atoms. The van der Waals surface area contributed by atoms with Crippen molar-refractivity contribution in [2.75, 3.05) is 14.2 Å². The molecule has 2 aromatic carbocycles. The predicted octanol–water partition coefficient (Wildman–Crippen LogP) is 3.31. The Morgan fingerprint density at radius 1 is 1.10 bits per heavy atom. The molecule has 0 radical (unpaired) electrons. The van der Waals surface area contributed by atoms with E-state index in [0.29, 0.717) is 23.0 Å². The van der Waals surface area contributed by atoms with Gasteiger partial charge in [-0.05, 0) is 35.9 Å². The minimum atomic E-state index is -0.254. The van der Waals surface area contributed by atoms with Gasteiger partial charge in [0.15, 0.2) is 0 Å². The lowest BCUT2D eigenvalue weighted by atomic mass is 10.1. The molecule has 0 fully saturated rings. The zero-order valence-electron chi connectivity index (χ0n) is 11.9. The highest BCUT2D eigenvalue weighted by Gasteiger charge is 2.10. The average molecular weight is 305 g/mol. The predicted molar refractivity (Wildman–Crippen MR) is 84.5 cm³/mol. The first-order chi connectivity index (χ1) is 10.1. The SMILES string of the molecule is COc1ccc(OC)c(C(=S)NCc2ccc(F)cc2)c1. The third-order valence-electron chi connectivity index (χ3n) is 3.02. The Balaban J connectivity index is 2.10. The summed E-state index contributed by atoms with van der Waals surface area (Å²) >= 11 is 5.39. The molecule has 0 aliphatic rings. The van der Waals surface area contributed by atoms with Crippen LogP contribution in [0.3, 0.4) is 0 Å². The fraction of sp³-hybridized carbons (Fsp3) is 0.188. The highest BCUT2D eigenvalue weighted by molar-refractivity contribution is 7.80. The first kappa shape index (κ1) is 15.3. The van der Waals surface area contributed by atoms with Crippen LogP contribution in [0.2, 0.25) is 0 Å². The van der Waals surface area contributed by atoms with Crippen LogP contribution in [0.1, 0.15) is 11.1 Å². The van der Waals surface area contributed by atoms with Crippen molar-refractivity contribution in [1.82, 2.24) is 5.32 Å². The molecule has 2 rings (SSSR count). The number of thiocarbonyl (C=S) groups is 1. The van der Waals surface area contributed by atoms with Crippen molar-refractivity contribution in [3.63, 3.8) is 0 Å². The van der Waals surface area contributed by atoms with Crippen LogP contribution in [0, 0.1) is 5.82 Å². The van der Waals surface area contributed by atoms with Crippen molar-refractivity contribution in [2.45, 2.75) is 6.54 Å². The second kappa shape index (κ2) is 7.04. The maximum Gasteiger partial charge on any atom is 0.129 e. The molecule has 0 spiro atoms. The summed E-state index contributed by atoms with van der Waals surface area (Å²) < 4.78 is 23.4. The average Bonchev–Trinajstić information content (AvgIpc) is 2.53. The lowest BCUT2D eigenvalue weighted by Gasteiger charge is -2.13. The quantitative estimate of drug-likeness (QED) is 0.859. The molecular formula is C16H16FNO2S. The smallest absolute Gasteiger partial charge is 0.129 e. The van der Waals surface area contributed by atoms with E-state index in [2.05, 4.69) is 5.32 Å². The number of halogens is 1. The molecule has 0 unspecified atom stereocenters. The van der Waals surface area contributed by atoms with Crippen LogP contribution in [0.4, 0.5) is 4.39 Å². The zero-order valence-corrected chi connectivity index (χ0v) is 12.7. The summed E-state index contributed by atoms with van der Waals surface area (Å²) in [5.74, 6) is 1.12.